The number of hydrogen-bond donors (Lipinski definition) is 1. The molecular weight excluding hydrogens is 385 g/mol. The van der Waals surface area contributed by atoms with E-state index >= 15 is 0 Å². The van der Waals surface area contributed by atoms with Crippen LogP contribution in [0.25, 0.3) is 0 Å². The first kappa shape index (κ1) is 21.6. The molecule has 0 aromatic heterocycles. The predicted octanol–water partition coefficient (Wildman–Crippen LogP) is 2.96. The number of carbonyl (C=O) groups is 2. The first-order valence-electron chi connectivity index (χ1n) is 8.56. The van der Waals surface area contributed by atoms with Gasteiger partial charge in [0, 0.05) is 6.26 Å². The number of hydrogen-bond acceptors (Lipinski definition) is 5. The van der Waals surface area contributed by atoms with E-state index in [1.165, 1.54) is 37.3 Å². The van der Waals surface area contributed by atoms with Gasteiger partial charge in [0.05, 0.1) is 16.5 Å². The quantitative estimate of drug-likeness (QED) is 0.744. The van der Waals surface area contributed by atoms with Gasteiger partial charge < -0.3 is 10.1 Å². The molecular formula is C20H22FNO5S. The Kier molecular flexibility index (Phi) is 6.56. The smallest absolute Gasteiger partial charge is 0.339 e. The Labute approximate surface area is 163 Å². The van der Waals surface area contributed by atoms with Crippen molar-refractivity contribution in [2.45, 2.75) is 37.8 Å². The maximum Gasteiger partial charge on any atom is 0.339 e. The lowest BCUT2D eigenvalue weighted by Gasteiger charge is -2.19. The highest BCUT2D eigenvalue weighted by atomic mass is 32.2. The van der Waals surface area contributed by atoms with Crippen LogP contribution in [0.5, 0.6) is 0 Å². The topological polar surface area (TPSA) is 89.5 Å². The lowest BCUT2D eigenvalue weighted by Crippen LogP contribution is -2.37. The van der Waals surface area contributed by atoms with Crippen LogP contribution in [0.15, 0.2) is 47.4 Å². The number of benzene rings is 2. The van der Waals surface area contributed by atoms with Crippen LogP contribution in [-0.2, 0) is 19.4 Å². The zero-order chi connectivity index (χ0) is 21.1. The van der Waals surface area contributed by atoms with E-state index in [4.69, 9.17) is 4.74 Å². The van der Waals surface area contributed by atoms with Crippen molar-refractivity contribution in [1.82, 2.24) is 5.32 Å². The summed E-state index contributed by atoms with van der Waals surface area (Å²) in [5.41, 5.74) is 1.31. The molecule has 1 amide bonds. The Hall–Kier alpha value is -2.74. The maximum atomic E-state index is 13.0. The minimum absolute atomic E-state index is 0.00733. The molecule has 0 saturated heterocycles. The second-order valence-electron chi connectivity index (χ2n) is 6.58. The highest BCUT2D eigenvalue weighted by Crippen LogP contribution is 2.18. The molecule has 28 heavy (non-hydrogen) atoms. The number of amides is 1. The number of nitrogens with one attached hydrogen (secondary N) is 1. The van der Waals surface area contributed by atoms with Crippen LogP contribution in [-0.4, -0.2) is 32.7 Å². The third-order valence-electron chi connectivity index (χ3n) is 4.24. The van der Waals surface area contributed by atoms with Crippen LogP contribution in [0.3, 0.4) is 0 Å². The minimum atomic E-state index is -3.48. The molecule has 0 spiro atoms. The number of rotatable bonds is 6. The van der Waals surface area contributed by atoms with E-state index in [1.54, 1.807) is 26.0 Å². The highest BCUT2D eigenvalue weighted by molar-refractivity contribution is 7.90. The molecule has 0 radical (unpaired) electrons. The summed E-state index contributed by atoms with van der Waals surface area (Å²) in [6, 6.07) is 9.42. The zero-order valence-electron chi connectivity index (χ0n) is 16.0. The van der Waals surface area contributed by atoms with E-state index in [1.807, 2.05) is 0 Å². The molecule has 1 N–H and O–H groups in total. The first-order valence-corrected chi connectivity index (χ1v) is 10.5. The lowest BCUT2D eigenvalue weighted by atomic mass is 10.1. The Morgan fingerprint density at radius 1 is 1.07 bits per heavy atom. The Morgan fingerprint density at radius 3 is 2.25 bits per heavy atom. The monoisotopic (exact) mass is 407 g/mol. The standard InChI is InChI=1S/C20H22FNO5S/c1-12-5-10-17(28(4,25)26)11-18(12)20(24)27-14(3)19(23)22-13(2)15-6-8-16(21)9-7-15/h5-11,13-14H,1-4H3,(H,22,23)/t13-,14+/m1/s1. The first-order chi connectivity index (χ1) is 13.0. The van der Waals surface area contributed by atoms with Crippen LogP contribution < -0.4 is 5.32 Å². The summed E-state index contributed by atoms with van der Waals surface area (Å²) in [6.45, 7) is 4.78. The second-order valence-corrected chi connectivity index (χ2v) is 8.59. The predicted molar refractivity (Wildman–Crippen MR) is 102 cm³/mol. The number of ether oxygens (including phenoxy) is 1. The largest absolute Gasteiger partial charge is 0.449 e. The fraction of sp³-hybridized carbons (Fsp3) is 0.300. The van der Waals surface area contributed by atoms with Crippen LogP contribution >= 0.6 is 0 Å². The van der Waals surface area contributed by atoms with Crippen LogP contribution in [0.2, 0.25) is 0 Å². The van der Waals surface area contributed by atoms with Crippen molar-refractivity contribution < 1.29 is 27.1 Å². The summed E-state index contributed by atoms with van der Waals surface area (Å²) in [5, 5.41) is 2.69. The van der Waals surface area contributed by atoms with E-state index < -0.39 is 33.9 Å². The maximum absolute atomic E-state index is 13.0. The SMILES string of the molecule is Cc1ccc(S(C)(=O)=O)cc1C(=O)O[C@@H](C)C(=O)N[C@H](C)c1ccc(F)cc1. The Balaban J connectivity index is 2.07. The van der Waals surface area contributed by atoms with Crippen molar-refractivity contribution in [2.24, 2.45) is 0 Å². The van der Waals surface area contributed by atoms with Crippen molar-refractivity contribution in [1.29, 1.82) is 0 Å². The number of carbonyl (C=O) groups excluding carboxylic acids is 2. The average molecular weight is 407 g/mol. The molecule has 6 nitrogen and oxygen atoms in total. The molecule has 0 fully saturated rings. The van der Waals surface area contributed by atoms with E-state index in [0.29, 0.717) is 11.1 Å². The fourth-order valence-electron chi connectivity index (χ4n) is 2.49. The van der Waals surface area contributed by atoms with E-state index in [9.17, 15) is 22.4 Å². The molecule has 0 aliphatic heterocycles. The molecule has 2 aromatic rings. The normalized spacial score (nSPS) is 13.5. The van der Waals surface area contributed by atoms with Gasteiger partial charge in [-0.3, -0.25) is 4.79 Å². The molecule has 0 saturated carbocycles. The van der Waals surface area contributed by atoms with Gasteiger partial charge in [0.15, 0.2) is 15.9 Å². The summed E-state index contributed by atoms with van der Waals surface area (Å²) < 4.78 is 41.6. The Bertz CT molecular complexity index is 986. The highest BCUT2D eigenvalue weighted by Gasteiger charge is 2.23. The van der Waals surface area contributed by atoms with Gasteiger partial charge in [0.25, 0.3) is 5.91 Å². The number of halogens is 1. The van der Waals surface area contributed by atoms with E-state index in [-0.39, 0.29) is 16.3 Å². The number of sulfone groups is 1. The number of aryl methyl sites for hydroxylation is 1. The molecule has 0 unspecified atom stereocenters. The summed E-state index contributed by atoms with van der Waals surface area (Å²) in [7, 11) is -3.48. The van der Waals surface area contributed by atoms with Gasteiger partial charge in [-0.2, -0.15) is 0 Å². The van der Waals surface area contributed by atoms with Gasteiger partial charge in [0.1, 0.15) is 5.82 Å². The number of esters is 1. The average Bonchev–Trinajstić information content (AvgIpc) is 2.61. The summed E-state index contributed by atoms with van der Waals surface area (Å²) in [5.74, 6) is -1.70. The summed E-state index contributed by atoms with van der Waals surface area (Å²) in [6.07, 6.45) is -0.0589. The van der Waals surface area contributed by atoms with Gasteiger partial charge in [0.2, 0.25) is 0 Å². The van der Waals surface area contributed by atoms with Crippen molar-refractivity contribution in [2.75, 3.05) is 6.26 Å². The van der Waals surface area contributed by atoms with Crippen molar-refractivity contribution in [3.63, 3.8) is 0 Å². The van der Waals surface area contributed by atoms with Crippen molar-refractivity contribution >= 4 is 21.7 Å². The molecule has 0 aliphatic rings. The van der Waals surface area contributed by atoms with Crippen LogP contribution in [0, 0.1) is 12.7 Å². The molecule has 0 bridgehead atoms. The summed E-state index contributed by atoms with van der Waals surface area (Å²) in [4.78, 5) is 24.7. The third kappa shape index (κ3) is 5.39. The molecule has 150 valence electrons. The molecule has 2 aromatic carbocycles. The third-order valence-corrected chi connectivity index (χ3v) is 5.35. The Morgan fingerprint density at radius 2 is 1.68 bits per heavy atom. The lowest BCUT2D eigenvalue weighted by molar-refractivity contribution is -0.129. The molecule has 2 atom stereocenters. The van der Waals surface area contributed by atoms with Gasteiger partial charge >= 0.3 is 5.97 Å². The summed E-state index contributed by atoms with van der Waals surface area (Å²) >= 11 is 0. The zero-order valence-corrected chi connectivity index (χ0v) is 16.8. The molecule has 0 heterocycles. The van der Waals surface area contributed by atoms with Crippen molar-refractivity contribution in [3.05, 3.63) is 65.0 Å². The van der Waals surface area contributed by atoms with Gasteiger partial charge in [-0.25, -0.2) is 17.6 Å². The second kappa shape index (κ2) is 8.52. The fourth-order valence-corrected chi connectivity index (χ4v) is 3.14. The van der Waals surface area contributed by atoms with E-state index in [0.717, 1.165) is 6.26 Å². The van der Waals surface area contributed by atoms with Gasteiger partial charge in [-0.1, -0.05) is 18.2 Å². The van der Waals surface area contributed by atoms with Crippen LogP contribution in [0.1, 0.15) is 41.4 Å². The van der Waals surface area contributed by atoms with E-state index in [2.05, 4.69) is 5.32 Å². The van der Waals surface area contributed by atoms with Gasteiger partial charge in [-0.15, -0.1) is 0 Å². The van der Waals surface area contributed by atoms with Crippen LogP contribution in [0.4, 0.5) is 4.39 Å². The molecule has 0 aliphatic carbocycles. The van der Waals surface area contributed by atoms with Gasteiger partial charge in [-0.05, 0) is 56.2 Å². The minimum Gasteiger partial charge on any atom is -0.449 e. The molecule has 8 heteroatoms. The molecule has 2 rings (SSSR count). The van der Waals surface area contributed by atoms with Crippen molar-refractivity contribution in [3.8, 4) is 0 Å².